The number of nitrogens with one attached hydrogen (secondary N) is 1. The number of para-hydroxylation sites is 1. The summed E-state index contributed by atoms with van der Waals surface area (Å²) in [6.07, 6.45) is 3.24. The first kappa shape index (κ1) is 15.2. The van der Waals surface area contributed by atoms with E-state index in [0.29, 0.717) is 30.4 Å². The average molecular weight is 288 g/mol. The third-order valence-corrected chi connectivity index (χ3v) is 3.07. The van der Waals surface area contributed by atoms with E-state index in [4.69, 9.17) is 10.3 Å². The van der Waals surface area contributed by atoms with E-state index in [-0.39, 0.29) is 5.91 Å². The highest BCUT2D eigenvalue weighted by Crippen LogP contribution is 2.26. The van der Waals surface area contributed by atoms with Crippen LogP contribution in [0, 0.1) is 6.92 Å². The van der Waals surface area contributed by atoms with Gasteiger partial charge in [0.25, 0.3) is 5.89 Å². The van der Waals surface area contributed by atoms with Crippen molar-refractivity contribution in [3.05, 3.63) is 30.1 Å². The van der Waals surface area contributed by atoms with Gasteiger partial charge in [-0.2, -0.15) is 4.98 Å². The van der Waals surface area contributed by atoms with Crippen LogP contribution in [0.15, 0.2) is 28.8 Å². The molecule has 0 unspecified atom stereocenters. The maximum absolute atomic E-state index is 12.0. The zero-order chi connectivity index (χ0) is 15.1. The van der Waals surface area contributed by atoms with Gasteiger partial charge < -0.3 is 15.6 Å². The van der Waals surface area contributed by atoms with Gasteiger partial charge in [-0.05, 0) is 38.4 Å². The predicted octanol–water partition coefficient (Wildman–Crippen LogP) is 2.50. The number of amides is 1. The van der Waals surface area contributed by atoms with Crippen molar-refractivity contribution in [1.29, 1.82) is 0 Å². The summed E-state index contributed by atoms with van der Waals surface area (Å²) >= 11 is 0. The molecule has 3 N–H and O–H groups in total. The number of nitrogens with two attached hydrogens (primary N) is 1. The third kappa shape index (κ3) is 4.39. The van der Waals surface area contributed by atoms with Crippen molar-refractivity contribution in [2.45, 2.75) is 32.6 Å². The van der Waals surface area contributed by atoms with Gasteiger partial charge in [-0.3, -0.25) is 4.79 Å². The monoisotopic (exact) mass is 288 g/mol. The van der Waals surface area contributed by atoms with Crippen molar-refractivity contribution >= 4 is 11.6 Å². The minimum atomic E-state index is -0.0179. The molecule has 0 saturated heterocycles. The molecular weight excluding hydrogens is 268 g/mol. The van der Waals surface area contributed by atoms with E-state index in [1.807, 2.05) is 24.3 Å². The van der Waals surface area contributed by atoms with Crippen LogP contribution >= 0.6 is 0 Å². The first-order valence-electron chi connectivity index (χ1n) is 7.10. The fourth-order valence-corrected chi connectivity index (χ4v) is 2.00. The van der Waals surface area contributed by atoms with Crippen LogP contribution in [0.2, 0.25) is 0 Å². The Bertz CT molecular complexity index is 595. The molecule has 0 saturated carbocycles. The third-order valence-electron chi connectivity index (χ3n) is 3.07. The molecule has 2 aromatic rings. The number of benzene rings is 1. The number of nitrogens with zero attached hydrogens (tertiary/aromatic N) is 2. The van der Waals surface area contributed by atoms with Crippen LogP contribution in [-0.4, -0.2) is 22.6 Å². The van der Waals surface area contributed by atoms with Gasteiger partial charge in [0.1, 0.15) is 0 Å². The summed E-state index contributed by atoms with van der Waals surface area (Å²) in [5.41, 5.74) is 6.85. The lowest BCUT2D eigenvalue weighted by Crippen LogP contribution is -2.12. The van der Waals surface area contributed by atoms with Gasteiger partial charge in [-0.1, -0.05) is 23.7 Å². The highest BCUT2D eigenvalue weighted by Gasteiger charge is 2.12. The fraction of sp³-hybridized carbons (Fsp3) is 0.400. The molecule has 1 aromatic heterocycles. The molecule has 21 heavy (non-hydrogen) atoms. The van der Waals surface area contributed by atoms with Gasteiger partial charge in [0.05, 0.1) is 11.3 Å². The van der Waals surface area contributed by atoms with Crippen LogP contribution in [0.3, 0.4) is 0 Å². The van der Waals surface area contributed by atoms with Crippen molar-refractivity contribution in [3.63, 3.8) is 0 Å². The second kappa shape index (κ2) is 7.54. The first-order valence-corrected chi connectivity index (χ1v) is 7.10. The number of hydrogen-bond acceptors (Lipinski definition) is 5. The number of aryl methyl sites for hydroxylation is 1. The molecule has 6 heteroatoms. The highest BCUT2D eigenvalue weighted by atomic mass is 16.5. The zero-order valence-electron chi connectivity index (χ0n) is 12.1. The molecule has 6 nitrogen and oxygen atoms in total. The molecule has 0 aliphatic carbocycles. The summed E-state index contributed by atoms with van der Waals surface area (Å²) in [5.74, 6) is 0.954. The minimum absolute atomic E-state index is 0.0179. The molecule has 112 valence electrons. The number of carbonyl (C=O) groups excluding carboxylic acids is 1. The Morgan fingerprint density at radius 3 is 2.81 bits per heavy atom. The predicted molar refractivity (Wildman–Crippen MR) is 80.6 cm³/mol. The first-order chi connectivity index (χ1) is 10.2. The van der Waals surface area contributed by atoms with Crippen LogP contribution in [0.4, 0.5) is 5.69 Å². The number of carbonyl (C=O) groups is 1. The number of hydrogen-bond donors (Lipinski definition) is 2. The second-order valence-electron chi connectivity index (χ2n) is 4.84. The van der Waals surface area contributed by atoms with Crippen molar-refractivity contribution in [1.82, 2.24) is 10.1 Å². The quantitative estimate of drug-likeness (QED) is 0.763. The number of rotatable bonds is 7. The molecule has 0 aliphatic heterocycles. The number of aromatic nitrogens is 2. The summed E-state index contributed by atoms with van der Waals surface area (Å²) in [4.78, 5) is 16.1. The smallest absolute Gasteiger partial charge is 0.260 e. The summed E-state index contributed by atoms with van der Waals surface area (Å²) in [6.45, 7) is 2.42. The van der Waals surface area contributed by atoms with E-state index in [0.717, 1.165) is 24.8 Å². The highest BCUT2D eigenvalue weighted by molar-refractivity contribution is 5.94. The van der Waals surface area contributed by atoms with Crippen LogP contribution < -0.4 is 11.1 Å². The van der Waals surface area contributed by atoms with Gasteiger partial charge >= 0.3 is 0 Å². The molecule has 1 aromatic carbocycles. The van der Waals surface area contributed by atoms with E-state index in [1.165, 1.54) is 0 Å². The van der Waals surface area contributed by atoms with Crippen LogP contribution in [0.25, 0.3) is 11.5 Å². The largest absolute Gasteiger partial charge is 0.334 e. The van der Waals surface area contributed by atoms with Crippen molar-refractivity contribution in [3.8, 4) is 11.5 Å². The second-order valence-corrected chi connectivity index (χ2v) is 4.84. The standard InChI is InChI=1S/C15H20N4O2/c1-11-17-15(21-19-11)12-7-4-5-8-13(12)18-14(20)9-3-2-6-10-16/h4-5,7-8H,2-3,6,9-10,16H2,1H3,(H,18,20). The van der Waals surface area contributed by atoms with E-state index in [9.17, 15) is 4.79 Å². The van der Waals surface area contributed by atoms with Gasteiger partial charge in [-0.25, -0.2) is 0 Å². The molecule has 1 amide bonds. The molecule has 0 spiro atoms. The topological polar surface area (TPSA) is 94.0 Å². The zero-order valence-corrected chi connectivity index (χ0v) is 12.1. The van der Waals surface area contributed by atoms with E-state index in [2.05, 4.69) is 15.5 Å². The molecule has 2 rings (SSSR count). The molecule has 0 bridgehead atoms. The van der Waals surface area contributed by atoms with Crippen LogP contribution in [0.1, 0.15) is 31.5 Å². The number of anilines is 1. The van der Waals surface area contributed by atoms with Crippen LogP contribution in [-0.2, 0) is 4.79 Å². The van der Waals surface area contributed by atoms with Gasteiger partial charge in [-0.15, -0.1) is 0 Å². The minimum Gasteiger partial charge on any atom is -0.334 e. The van der Waals surface area contributed by atoms with E-state index >= 15 is 0 Å². The Balaban J connectivity index is 2.02. The average Bonchev–Trinajstić information content (AvgIpc) is 2.91. The summed E-state index contributed by atoms with van der Waals surface area (Å²) in [5, 5.41) is 6.67. The van der Waals surface area contributed by atoms with Crippen molar-refractivity contribution < 1.29 is 9.32 Å². The summed E-state index contributed by atoms with van der Waals surface area (Å²) in [6, 6.07) is 7.40. The van der Waals surface area contributed by atoms with Crippen LogP contribution in [0.5, 0.6) is 0 Å². The van der Waals surface area contributed by atoms with Gasteiger partial charge in [0, 0.05) is 6.42 Å². The Morgan fingerprint density at radius 2 is 2.10 bits per heavy atom. The van der Waals surface area contributed by atoms with E-state index in [1.54, 1.807) is 6.92 Å². The maximum atomic E-state index is 12.0. The van der Waals surface area contributed by atoms with Crippen molar-refractivity contribution in [2.24, 2.45) is 5.73 Å². The van der Waals surface area contributed by atoms with Crippen molar-refractivity contribution in [2.75, 3.05) is 11.9 Å². The molecule has 0 aliphatic rings. The Kier molecular flexibility index (Phi) is 5.45. The van der Waals surface area contributed by atoms with E-state index < -0.39 is 0 Å². The molecular formula is C15H20N4O2. The van der Waals surface area contributed by atoms with Gasteiger partial charge in [0.2, 0.25) is 5.91 Å². The molecule has 1 heterocycles. The Labute approximate surface area is 123 Å². The normalized spacial score (nSPS) is 10.6. The molecule has 0 fully saturated rings. The lowest BCUT2D eigenvalue weighted by molar-refractivity contribution is -0.116. The number of unbranched alkanes of at least 4 members (excludes halogenated alkanes) is 2. The lowest BCUT2D eigenvalue weighted by atomic mass is 10.1. The Hall–Kier alpha value is -2.21. The maximum Gasteiger partial charge on any atom is 0.260 e. The summed E-state index contributed by atoms with van der Waals surface area (Å²) < 4.78 is 5.16. The summed E-state index contributed by atoms with van der Waals surface area (Å²) in [7, 11) is 0. The van der Waals surface area contributed by atoms with Gasteiger partial charge in [0.15, 0.2) is 5.82 Å². The molecule has 0 atom stereocenters. The molecule has 0 radical (unpaired) electrons. The Morgan fingerprint density at radius 1 is 1.29 bits per heavy atom. The SMILES string of the molecule is Cc1noc(-c2ccccc2NC(=O)CCCCCN)n1. The lowest BCUT2D eigenvalue weighted by Gasteiger charge is -2.08. The fourth-order valence-electron chi connectivity index (χ4n) is 2.00.